The number of benzene rings is 1. The number of allylic oxidation sites excluding steroid dienone is 1. The third kappa shape index (κ3) is 8.41. The SMILES string of the molecule is CCC/C=C\CC(C[C@H](C)CC)NC(=O)c1cc(C2CC2)on1.CSc1cc2c(cc1Cl)NC(=O)C2. The Bertz CT molecular complexity index is 1060. The highest BCUT2D eigenvalue weighted by Crippen LogP contribution is 2.40. The number of carbonyl (C=O) groups excluding carboxylic acids is 2. The molecule has 1 saturated carbocycles. The van der Waals surface area contributed by atoms with Crippen LogP contribution >= 0.6 is 23.4 Å². The number of unbranched alkanes of at least 4 members (excludes halogenated alkanes) is 1. The van der Waals surface area contributed by atoms with Gasteiger partial charge in [-0.2, -0.15) is 0 Å². The van der Waals surface area contributed by atoms with Gasteiger partial charge in [0.25, 0.3) is 5.91 Å². The van der Waals surface area contributed by atoms with Crippen LogP contribution in [0.4, 0.5) is 5.69 Å². The van der Waals surface area contributed by atoms with E-state index in [-0.39, 0.29) is 17.9 Å². The molecule has 1 aromatic carbocycles. The number of rotatable bonds is 11. The van der Waals surface area contributed by atoms with Crippen LogP contribution < -0.4 is 10.6 Å². The Morgan fingerprint density at radius 3 is 2.75 bits per heavy atom. The standard InChI is InChI=1S/C19H30N2O2.C9H8ClNOS/c1-4-6-7-8-9-16(12-14(3)5-2)20-19(22)17-13-18(23-21-17)15-10-11-15;1-13-8-2-5-3-9(12)11-7(5)4-6(8)10/h7-8,13-16H,4-6,9-12H2,1-3H3,(H,20,22);2,4H,3H2,1H3,(H,11,12)/b8-7-;/t14-,16?;/m1./s1. The summed E-state index contributed by atoms with van der Waals surface area (Å²) in [6, 6.07) is 5.75. The Morgan fingerprint density at radius 2 is 2.08 bits per heavy atom. The molecule has 2 amide bonds. The van der Waals surface area contributed by atoms with Crippen LogP contribution in [0.5, 0.6) is 0 Å². The van der Waals surface area contributed by atoms with E-state index in [2.05, 4.69) is 48.7 Å². The lowest BCUT2D eigenvalue weighted by Gasteiger charge is -2.20. The fraction of sp³-hybridized carbons (Fsp3) is 0.536. The molecular weight excluding hydrogens is 494 g/mol. The first-order chi connectivity index (χ1) is 17.3. The number of anilines is 1. The Balaban J connectivity index is 0.000000233. The molecule has 1 aliphatic heterocycles. The number of hydrogen-bond acceptors (Lipinski definition) is 5. The molecule has 0 saturated heterocycles. The monoisotopic (exact) mass is 531 g/mol. The molecule has 2 N–H and O–H groups in total. The van der Waals surface area contributed by atoms with E-state index in [1.165, 1.54) is 0 Å². The Kier molecular flexibility index (Phi) is 10.9. The number of thioether (sulfide) groups is 1. The first-order valence-corrected chi connectivity index (χ1v) is 14.5. The van der Waals surface area contributed by atoms with Crippen molar-refractivity contribution in [1.82, 2.24) is 10.5 Å². The number of aromatic nitrogens is 1. The minimum Gasteiger partial charge on any atom is -0.360 e. The molecule has 2 heterocycles. The predicted molar refractivity (Wildman–Crippen MR) is 148 cm³/mol. The fourth-order valence-electron chi connectivity index (χ4n) is 4.01. The number of carbonyl (C=O) groups is 2. The summed E-state index contributed by atoms with van der Waals surface area (Å²) in [6.45, 7) is 6.59. The normalized spacial score (nSPS) is 16.2. The summed E-state index contributed by atoms with van der Waals surface area (Å²) in [4.78, 5) is 24.5. The molecule has 6 nitrogen and oxygen atoms in total. The van der Waals surface area contributed by atoms with Crippen LogP contribution in [-0.2, 0) is 11.2 Å². The number of nitrogens with one attached hydrogen (secondary N) is 2. The molecule has 1 unspecified atom stereocenters. The molecule has 36 heavy (non-hydrogen) atoms. The first kappa shape index (κ1) is 28.3. The van der Waals surface area contributed by atoms with Gasteiger partial charge in [0.1, 0.15) is 5.76 Å². The summed E-state index contributed by atoms with van der Waals surface area (Å²) in [6.07, 6.45) is 14.4. The summed E-state index contributed by atoms with van der Waals surface area (Å²) in [5.74, 6) is 1.87. The maximum Gasteiger partial charge on any atom is 0.273 e. The van der Waals surface area contributed by atoms with Crippen LogP contribution in [0.15, 0.2) is 39.8 Å². The fourth-order valence-corrected chi connectivity index (χ4v) is 4.92. The molecule has 1 aliphatic carbocycles. The molecule has 0 bridgehead atoms. The number of nitrogens with zero attached hydrogens (tertiary/aromatic N) is 1. The molecule has 0 spiro atoms. The van der Waals surface area contributed by atoms with Crippen molar-refractivity contribution in [3.05, 3.63) is 52.4 Å². The second-order valence-corrected chi connectivity index (χ2v) is 10.9. The average Bonchev–Trinajstić information content (AvgIpc) is 3.47. The van der Waals surface area contributed by atoms with Gasteiger partial charge in [0, 0.05) is 28.6 Å². The van der Waals surface area contributed by atoms with E-state index in [9.17, 15) is 9.59 Å². The zero-order valence-electron chi connectivity index (χ0n) is 21.7. The molecule has 1 aromatic heterocycles. The molecule has 8 heteroatoms. The van der Waals surface area contributed by atoms with E-state index in [1.807, 2.05) is 18.4 Å². The first-order valence-electron chi connectivity index (χ1n) is 12.9. The van der Waals surface area contributed by atoms with Gasteiger partial charge >= 0.3 is 0 Å². The van der Waals surface area contributed by atoms with Gasteiger partial charge < -0.3 is 15.2 Å². The average molecular weight is 532 g/mol. The number of amides is 2. The van der Waals surface area contributed by atoms with Crippen LogP contribution in [0.2, 0.25) is 5.02 Å². The Hall–Kier alpha value is -2.25. The minimum absolute atomic E-state index is 0.0457. The highest BCUT2D eigenvalue weighted by atomic mass is 35.5. The predicted octanol–water partition coefficient (Wildman–Crippen LogP) is 7.39. The smallest absolute Gasteiger partial charge is 0.273 e. The van der Waals surface area contributed by atoms with Crippen molar-refractivity contribution in [3.8, 4) is 0 Å². The molecule has 4 rings (SSSR count). The summed E-state index contributed by atoms with van der Waals surface area (Å²) >= 11 is 7.58. The molecule has 0 radical (unpaired) electrons. The number of hydrogen-bond donors (Lipinski definition) is 2. The van der Waals surface area contributed by atoms with Gasteiger partial charge in [-0.05, 0) is 62.0 Å². The van der Waals surface area contributed by atoms with Crippen molar-refractivity contribution in [1.29, 1.82) is 0 Å². The van der Waals surface area contributed by atoms with Crippen molar-refractivity contribution in [2.45, 2.75) is 89.0 Å². The molecule has 2 aliphatic rings. The van der Waals surface area contributed by atoms with Gasteiger partial charge in [0.2, 0.25) is 5.91 Å². The van der Waals surface area contributed by atoms with Crippen molar-refractivity contribution < 1.29 is 14.1 Å². The van der Waals surface area contributed by atoms with Crippen LogP contribution in [0.25, 0.3) is 0 Å². The van der Waals surface area contributed by atoms with Crippen molar-refractivity contribution in [2.75, 3.05) is 11.6 Å². The van der Waals surface area contributed by atoms with Crippen molar-refractivity contribution >= 4 is 40.9 Å². The second-order valence-electron chi connectivity index (χ2n) is 9.67. The maximum absolute atomic E-state index is 12.4. The van der Waals surface area contributed by atoms with Crippen molar-refractivity contribution in [3.63, 3.8) is 0 Å². The summed E-state index contributed by atoms with van der Waals surface area (Å²) in [5, 5.41) is 10.5. The van der Waals surface area contributed by atoms with Gasteiger partial charge in [-0.1, -0.05) is 62.5 Å². The zero-order valence-corrected chi connectivity index (χ0v) is 23.3. The van der Waals surface area contributed by atoms with Gasteiger partial charge in [-0.3, -0.25) is 9.59 Å². The summed E-state index contributed by atoms with van der Waals surface area (Å²) in [7, 11) is 0. The number of fused-ring (bicyclic) bond motifs is 1. The molecule has 2 atom stereocenters. The topological polar surface area (TPSA) is 84.2 Å². The van der Waals surface area contributed by atoms with E-state index in [4.69, 9.17) is 16.1 Å². The summed E-state index contributed by atoms with van der Waals surface area (Å²) in [5.41, 5.74) is 2.31. The molecule has 1 fully saturated rings. The largest absolute Gasteiger partial charge is 0.360 e. The highest BCUT2D eigenvalue weighted by molar-refractivity contribution is 7.98. The van der Waals surface area contributed by atoms with E-state index in [0.717, 1.165) is 66.9 Å². The zero-order chi connectivity index (χ0) is 26.1. The molecule has 196 valence electrons. The van der Waals surface area contributed by atoms with Crippen LogP contribution in [0, 0.1) is 5.92 Å². The van der Waals surface area contributed by atoms with E-state index in [1.54, 1.807) is 17.8 Å². The van der Waals surface area contributed by atoms with E-state index < -0.39 is 0 Å². The van der Waals surface area contributed by atoms with Crippen LogP contribution in [0.3, 0.4) is 0 Å². The minimum atomic E-state index is -0.113. The van der Waals surface area contributed by atoms with Gasteiger partial charge in [-0.15, -0.1) is 11.8 Å². The Labute approximate surface area is 224 Å². The molecular formula is C28H38ClN3O3S. The number of halogens is 1. The van der Waals surface area contributed by atoms with E-state index in [0.29, 0.717) is 29.0 Å². The lowest BCUT2D eigenvalue weighted by molar-refractivity contribution is -0.115. The quantitative estimate of drug-likeness (QED) is 0.233. The van der Waals surface area contributed by atoms with Crippen molar-refractivity contribution in [2.24, 2.45) is 5.92 Å². The highest BCUT2D eigenvalue weighted by Gasteiger charge is 2.29. The van der Waals surface area contributed by atoms with E-state index >= 15 is 0 Å². The lowest BCUT2D eigenvalue weighted by Crippen LogP contribution is -2.36. The Morgan fingerprint density at radius 1 is 1.31 bits per heavy atom. The third-order valence-electron chi connectivity index (χ3n) is 6.51. The van der Waals surface area contributed by atoms with Crippen LogP contribution in [0.1, 0.15) is 93.4 Å². The lowest BCUT2D eigenvalue weighted by atomic mass is 9.97. The third-order valence-corrected chi connectivity index (χ3v) is 7.71. The maximum atomic E-state index is 12.4. The van der Waals surface area contributed by atoms with Gasteiger partial charge in [-0.25, -0.2) is 0 Å². The van der Waals surface area contributed by atoms with Gasteiger partial charge in [0.05, 0.1) is 11.4 Å². The van der Waals surface area contributed by atoms with Crippen LogP contribution in [-0.4, -0.2) is 29.3 Å². The summed E-state index contributed by atoms with van der Waals surface area (Å²) < 4.78 is 5.28. The second kappa shape index (κ2) is 13.9. The molecule has 2 aromatic rings. The van der Waals surface area contributed by atoms with Gasteiger partial charge in [0.15, 0.2) is 5.69 Å².